The van der Waals surface area contributed by atoms with E-state index in [4.69, 9.17) is 4.74 Å². The highest BCUT2D eigenvalue weighted by Gasteiger charge is 2.40. The van der Waals surface area contributed by atoms with E-state index in [9.17, 15) is 4.79 Å². The molecule has 1 aliphatic heterocycles. The van der Waals surface area contributed by atoms with Gasteiger partial charge in [0.15, 0.2) is 0 Å². The van der Waals surface area contributed by atoms with Gasteiger partial charge in [-0.3, -0.25) is 4.79 Å². The lowest BCUT2D eigenvalue weighted by atomic mass is 9.87. The number of carbonyl (C=O) groups is 1. The molecule has 1 amide bonds. The summed E-state index contributed by atoms with van der Waals surface area (Å²) in [6.45, 7) is 5.50. The summed E-state index contributed by atoms with van der Waals surface area (Å²) in [5.41, 5.74) is -0.322. The van der Waals surface area contributed by atoms with Crippen LogP contribution in [0.2, 0.25) is 0 Å². The van der Waals surface area contributed by atoms with Crippen LogP contribution in [0, 0.1) is 12.3 Å². The molecule has 0 saturated carbocycles. The van der Waals surface area contributed by atoms with Crippen LogP contribution in [0.5, 0.6) is 0 Å². The van der Waals surface area contributed by atoms with Crippen molar-refractivity contribution in [1.29, 1.82) is 0 Å². The monoisotopic (exact) mass is 241 g/mol. The zero-order chi connectivity index (χ0) is 11.6. The molecule has 1 fully saturated rings. The molecule has 0 spiro atoms. The van der Waals surface area contributed by atoms with Gasteiger partial charge >= 0.3 is 0 Å². The molecule has 0 aromatic carbocycles. The first kappa shape index (κ1) is 11.5. The number of carbonyl (C=O) groups excluding carboxylic acids is 1. The quantitative estimate of drug-likeness (QED) is 0.835. The third kappa shape index (κ3) is 2.38. The summed E-state index contributed by atoms with van der Waals surface area (Å²) >= 11 is 1.57. The number of hydrogen-bond donors (Lipinski definition) is 1. The van der Waals surface area contributed by atoms with Gasteiger partial charge in [0.2, 0.25) is 5.91 Å². The Morgan fingerprint density at radius 3 is 2.81 bits per heavy atom. The van der Waals surface area contributed by atoms with Crippen molar-refractivity contribution in [1.82, 2.24) is 15.5 Å². The van der Waals surface area contributed by atoms with Crippen molar-refractivity contribution in [2.24, 2.45) is 5.41 Å². The van der Waals surface area contributed by atoms with Crippen LogP contribution in [0.25, 0.3) is 0 Å². The second kappa shape index (κ2) is 4.47. The minimum atomic E-state index is -0.322. The normalized spacial score (nSPS) is 17.9. The van der Waals surface area contributed by atoms with Crippen molar-refractivity contribution < 1.29 is 9.53 Å². The van der Waals surface area contributed by atoms with Gasteiger partial charge in [-0.15, -0.1) is 21.5 Å². The Balaban J connectivity index is 1.74. The smallest absolute Gasteiger partial charge is 0.230 e. The summed E-state index contributed by atoms with van der Waals surface area (Å²) in [6.07, 6.45) is 0.744. The maximum Gasteiger partial charge on any atom is 0.230 e. The summed E-state index contributed by atoms with van der Waals surface area (Å²) in [6, 6.07) is 0. The third-order valence-electron chi connectivity index (χ3n) is 2.58. The summed E-state index contributed by atoms with van der Waals surface area (Å²) in [7, 11) is 0. The second-order valence-corrected chi connectivity index (χ2v) is 5.54. The fourth-order valence-electron chi connectivity index (χ4n) is 1.47. The Hall–Kier alpha value is -1.01. The van der Waals surface area contributed by atoms with Gasteiger partial charge in [-0.1, -0.05) is 0 Å². The minimum absolute atomic E-state index is 0.0694. The van der Waals surface area contributed by atoms with Crippen molar-refractivity contribution in [3.05, 3.63) is 10.0 Å². The topological polar surface area (TPSA) is 64.1 Å². The zero-order valence-electron chi connectivity index (χ0n) is 9.45. The van der Waals surface area contributed by atoms with Gasteiger partial charge < -0.3 is 10.1 Å². The molecule has 16 heavy (non-hydrogen) atoms. The minimum Gasteiger partial charge on any atom is -0.379 e. The number of hydrogen-bond acceptors (Lipinski definition) is 5. The number of ether oxygens (including phenoxy) is 1. The molecule has 2 rings (SSSR count). The average Bonchev–Trinajstić information content (AvgIpc) is 2.60. The zero-order valence-corrected chi connectivity index (χ0v) is 10.3. The van der Waals surface area contributed by atoms with E-state index >= 15 is 0 Å². The molecule has 0 bridgehead atoms. The Kier molecular flexibility index (Phi) is 3.20. The van der Waals surface area contributed by atoms with Gasteiger partial charge in [-0.25, -0.2) is 0 Å². The fourth-order valence-corrected chi connectivity index (χ4v) is 2.18. The van der Waals surface area contributed by atoms with Crippen molar-refractivity contribution in [3.8, 4) is 0 Å². The van der Waals surface area contributed by atoms with Crippen molar-refractivity contribution in [2.75, 3.05) is 19.8 Å². The van der Waals surface area contributed by atoms with E-state index in [1.54, 1.807) is 11.3 Å². The highest BCUT2D eigenvalue weighted by molar-refractivity contribution is 7.11. The van der Waals surface area contributed by atoms with E-state index in [2.05, 4.69) is 15.5 Å². The first-order valence-electron chi connectivity index (χ1n) is 5.25. The second-order valence-electron chi connectivity index (χ2n) is 4.27. The molecule has 1 N–H and O–H groups in total. The van der Waals surface area contributed by atoms with Crippen molar-refractivity contribution in [2.45, 2.75) is 20.3 Å². The van der Waals surface area contributed by atoms with Crippen molar-refractivity contribution >= 4 is 17.2 Å². The Bertz CT molecular complexity index is 387. The molecule has 1 aliphatic rings. The Labute approximate surface area is 98.2 Å². The SMILES string of the molecule is Cc1nnc(CCNC(=O)C2(C)COC2)s1. The predicted molar refractivity (Wildman–Crippen MR) is 60.3 cm³/mol. The summed E-state index contributed by atoms with van der Waals surface area (Å²) in [5, 5.41) is 12.8. The lowest BCUT2D eigenvalue weighted by molar-refractivity contribution is -0.157. The number of aromatic nitrogens is 2. The van der Waals surface area contributed by atoms with Crippen LogP contribution in [-0.2, 0) is 16.0 Å². The molecular weight excluding hydrogens is 226 g/mol. The maximum absolute atomic E-state index is 11.7. The predicted octanol–water partition coefficient (Wildman–Crippen LogP) is 0.542. The molecule has 2 heterocycles. The van der Waals surface area contributed by atoms with Crippen molar-refractivity contribution in [3.63, 3.8) is 0 Å². The van der Waals surface area contributed by atoms with Crippen LogP contribution in [0.15, 0.2) is 0 Å². The van der Waals surface area contributed by atoms with Gasteiger partial charge in [0.25, 0.3) is 0 Å². The standard InChI is InChI=1S/C10H15N3O2S/c1-7-12-13-8(16-7)3-4-11-9(14)10(2)5-15-6-10/h3-6H2,1-2H3,(H,11,14). The van der Waals surface area contributed by atoms with Gasteiger partial charge in [0.05, 0.1) is 18.6 Å². The van der Waals surface area contributed by atoms with Crippen LogP contribution in [0.3, 0.4) is 0 Å². The largest absolute Gasteiger partial charge is 0.379 e. The number of rotatable bonds is 4. The molecule has 5 nitrogen and oxygen atoms in total. The summed E-state index contributed by atoms with van der Waals surface area (Å²) < 4.78 is 5.05. The number of nitrogens with one attached hydrogen (secondary N) is 1. The lowest BCUT2D eigenvalue weighted by Gasteiger charge is -2.36. The summed E-state index contributed by atoms with van der Waals surface area (Å²) in [5.74, 6) is 0.0694. The molecule has 0 aliphatic carbocycles. The van der Waals surface area contributed by atoms with Crippen LogP contribution in [0.4, 0.5) is 0 Å². The van der Waals surface area contributed by atoms with Gasteiger partial charge in [0.1, 0.15) is 10.0 Å². The van der Waals surface area contributed by atoms with E-state index in [0.29, 0.717) is 19.8 Å². The summed E-state index contributed by atoms with van der Waals surface area (Å²) in [4.78, 5) is 11.7. The molecular formula is C10H15N3O2S. The fraction of sp³-hybridized carbons (Fsp3) is 0.700. The molecule has 0 atom stereocenters. The highest BCUT2D eigenvalue weighted by Crippen LogP contribution is 2.26. The molecule has 1 aromatic rings. The molecule has 1 saturated heterocycles. The van der Waals surface area contributed by atoms with E-state index < -0.39 is 0 Å². The molecule has 88 valence electrons. The molecule has 6 heteroatoms. The average molecular weight is 241 g/mol. The van der Waals surface area contributed by atoms with Crippen LogP contribution < -0.4 is 5.32 Å². The Morgan fingerprint density at radius 1 is 1.56 bits per heavy atom. The third-order valence-corrected chi connectivity index (χ3v) is 3.48. The van der Waals surface area contributed by atoms with Gasteiger partial charge in [0, 0.05) is 13.0 Å². The van der Waals surface area contributed by atoms with E-state index in [1.807, 2.05) is 13.8 Å². The number of amides is 1. The van der Waals surface area contributed by atoms with Gasteiger partial charge in [-0.2, -0.15) is 0 Å². The molecule has 1 aromatic heterocycles. The number of aryl methyl sites for hydroxylation is 1. The Morgan fingerprint density at radius 2 is 2.31 bits per heavy atom. The molecule has 0 unspecified atom stereocenters. The number of nitrogens with zero attached hydrogens (tertiary/aromatic N) is 2. The van der Waals surface area contributed by atoms with Crippen LogP contribution in [-0.4, -0.2) is 35.9 Å². The van der Waals surface area contributed by atoms with Crippen LogP contribution >= 0.6 is 11.3 Å². The van der Waals surface area contributed by atoms with Crippen LogP contribution in [0.1, 0.15) is 16.9 Å². The van der Waals surface area contributed by atoms with Gasteiger partial charge in [-0.05, 0) is 13.8 Å². The maximum atomic E-state index is 11.7. The first-order valence-corrected chi connectivity index (χ1v) is 6.07. The van der Waals surface area contributed by atoms with E-state index in [-0.39, 0.29) is 11.3 Å². The molecule has 0 radical (unpaired) electrons. The van der Waals surface area contributed by atoms with E-state index in [0.717, 1.165) is 16.4 Å². The lowest BCUT2D eigenvalue weighted by Crippen LogP contribution is -2.52. The first-order chi connectivity index (χ1) is 7.60. The van der Waals surface area contributed by atoms with E-state index in [1.165, 1.54) is 0 Å². The highest BCUT2D eigenvalue weighted by atomic mass is 32.1.